The van der Waals surface area contributed by atoms with E-state index in [1.165, 1.54) is 0 Å². The first-order valence-corrected chi connectivity index (χ1v) is 15.9. The molecule has 0 radical (unpaired) electrons. The van der Waals surface area contributed by atoms with Gasteiger partial charge in [0.15, 0.2) is 6.29 Å². The van der Waals surface area contributed by atoms with Crippen molar-refractivity contribution in [3.63, 3.8) is 0 Å². The Kier molecular flexibility index (Phi) is 10.1. The van der Waals surface area contributed by atoms with E-state index in [9.17, 15) is 9.90 Å². The molecule has 4 N–H and O–H groups in total. The number of nitrogens with zero attached hydrogens (tertiary/aromatic N) is 3. The lowest BCUT2D eigenvalue weighted by Gasteiger charge is -2.39. The smallest absolute Gasteiger partial charge is 0.156 e. The fourth-order valence-corrected chi connectivity index (χ4v) is 6.62. The highest BCUT2D eigenvalue weighted by atomic mass is 16.5. The Morgan fingerprint density at radius 2 is 1.98 bits per heavy atom. The molecular formula is C37H45N5O4. The van der Waals surface area contributed by atoms with Crippen LogP contribution in [0.25, 0.3) is 33.3 Å². The maximum atomic E-state index is 12.3. The first-order chi connectivity index (χ1) is 22.1. The molecule has 46 heavy (non-hydrogen) atoms. The number of methoxy groups -OCH3 is 1. The number of fused-ring (bicyclic) bond motifs is 1. The summed E-state index contributed by atoms with van der Waals surface area (Å²) in [5.41, 5.74) is 16.4. The topological polar surface area (TPSA) is 115 Å². The molecule has 5 rings (SSSR count). The second-order valence-electron chi connectivity index (χ2n) is 13.0. The summed E-state index contributed by atoms with van der Waals surface area (Å²) in [5, 5.41) is 13.8. The number of aromatic hydroxyl groups is 1. The molecule has 4 aromatic rings. The molecule has 1 aliphatic heterocycles. The number of benzene rings is 2. The van der Waals surface area contributed by atoms with Crippen LogP contribution in [-0.2, 0) is 40.3 Å². The number of hydrazine groups is 1. The number of carbonyl (C=O) groups is 1. The van der Waals surface area contributed by atoms with E-state index in [1.807, 2.05) is 23.3 Å². The molecule has 1 saturated heterocycles. The van der Waals surface area contributed by atoms with Gasteiger partial charge >= 0.3 is 0 Å². The third kappa shape index (κ3) is 6.96. The number of rotatable bonds is 13. The number of aromatic nitrogens is 2. The monoisotopic (exact) mass is 623 g/mol. The Morgan fingerprint density at radius 3 is 2.67 bits per heavy atom. The number of aryl methyl sites for hydroxylation is 1. The summed E-state index contributed by atoms with van der Waals surface area (Å²) < 4.78 is 13.4. The number of aldehydes is 1. The third-order valence-corrected chi connectivity index (χ3v) is 8.77. The van der Waals surface area contributed by atoms with E-state index in [0.717, 1.165) is 82.2 Å². The summed E-state index contributed by atoms with van der Waals surface area (Å²) in [5.74, 6) is 0.117. The Labute approximate surface area is 271 Å². The minimum absolute atomic E-state index is 0.117. The maximum Gasteiger partial charge on any atom is 0.156 e. The number of hydrogen-bond acceptors (Lipinski definition) is 8. The van der Waals surface area contributed by atoms with Crippen molar-refractivity contribution in [2.24, 2.45) is 11.1 Å². The number of terminal acetylenes is 1. The Balaban J connectivity index is 1.65. The molecule has 0 saturated carbocycles. The Hall–Kier alpha value is -4.20. The molecule has 1 fully saturated rings. The first-order valence-electron chi connectivity index (χ1n) is 15.9. The number of nitrogens with two attached hydrogens (primary N) is 1. The van der Waals surface area contributed by atoms with E-state index >= 15 is 0 Å². The summed E-state index contributed by atoms with van der Waals surface area (Å²) >= 11 is 0. The highest BCUT2D eigenvalue weighted by Gasteiger charge is 2.34. The highest BCUT2D eigenvalue weighted by Crippen LogP contribution is 2.41. The quantitative estimate of drug-likeness (QED) is 0.134. The van der Waals surface area contributed by atoms with Crippen molar-refractivity contribution in [3.8, 4) is 40.7 Å². The van der Waals surface area contributed by atoms with Crippen LogP contribution in [0.4, 0.5) is 0 Å². The van der Waals surface area contributed by atoms with E-state index < -0.39 is 5.66 Å². The highest BCUT2D eigenvalue weighted by molar-refractivity contribution is 5.95. The van der Waals surface area contributed by atoms with Gasteiger partial charge in [-0.25, -0.2) is 5.01 Å². The average Bonchev–Trinajstić information content (AvgIpc) is 3.35. The van der Waals surface area contributed by atoms with Crippen molar-refractivity contribution in [3.05, 3.63) is 71.5 Å². The second-order valence-corrected chi connectivity index (χ2v) is 13.0. The van der Waals surface area contributed by atoms with E-state index in [-0.39, 0.29) is 17.6 Å². The lowest BCUT2D eigenvalue weighted by molar-refractivity contribution is -0.122. The van der Waals surface area contributed by atoms with Gasteiger partial charge in [0.05, 0.1) is 12.3 Å². The van der Waals surface area contributed by atoms with E-state index in [4.69, 9.17) is 21.6 Å². The molecule has 1 atom stereocenters. The van der Waals surface area contributed by atoms with Crippen molar-refractivity contribution in [1.29, 1.82) is 0 Å². The van der Waals surface area contributed by atoms with E-state index in [0.29, 0.717) is 26.2 Å². The van der Waals surface area contributed by atoms with Gasteiger partial charge < -0.3 is 24.9 Å². The predicted octanol–water partition coefficient (Wildman–Crippen LogP) is 5.42. The van der Waals surface area contributed by atoms with Crippen LogP contribution in [0.3, 0.4) is 0 Å². The van der Waals surface area contributed by atoms with Gasteiger partial charge in [-0.3, -0.25) is 15.2 Å². The lowest BCUT2D eigenvalue weighted by Crippen LogP contribution is -2.65. The fraction of sp³-hybridized carbons (Fsp3) is 0.405. The molecule has 0 bridgehead atoms. The molecule has 9 heteroatoms. The zero-order chi connectivity index (χ0) is 32.9. The number of phenols is 1. The number of nitrogens with one attached hydrogen (secondary N) is 1. The lowest BCUT2D eigenvalue weighted by atomic mass is 9.84. The normalized spacial score (nSPS) is 15.4. The molecular weight excluding hydrogens is 578 g/mol. The van der Waals surface area contributed by atoms with E-state index in [1.54, 1.807) is 25.4 Å². The molecule has 242 valence electrons. The van der Waals surface area contributed by atoms with Crippen LogP contribution in [0.1, 0.15) is 50.3 Å². The number of ether oxygens (including phenoxy) is 2. The molecule has 9 nitrogen and oxygen atoms in total. The minimum Gasteiger partial charge on any atom is -0.508 e. The molecule has 0 amide bonds. The molecule has 3 heterocycles. The Morgan fingerprint density at radius 1 is 1.15 bits per heavy atom. The van der Waals surface area contributed by atoms with Gasteiger partial charge in [0.25, 0.3) is 0 Å². The zero-order valence-corrected chi connectivity index (χ0v) is 27.3. The van der Waals surface area contributed by atoms with Crippen LogP contribution < -0.4 is 11.2 Å². The standard InChI is InChI=1S/C37H45N5O4/c1-6-41-34-11-10-27(29-16-26(17-30(44)18-29)20-37(38,24-43)42-15-9-8-13-40-42)19-31(34)32(21-36(3,4)25-46-7-2)35(41)33-22-39-14-12-28(33)23-45-5/h2,10-12,14,16-19,22,24,40,44H,6,8-9,13,15,20-21,23,25,38H2,1,3-5H3. The SMILES string of the molecule is C#COCC(C)(C)Cc1c(-c2cnccc2COC)n(CC)c2ccc(-c3cc(O)cc(CC(N)(C=O)N4CCCCN4)c3)cc12. The minimum atomic E-state index is -1.23. The summed E-state index contributed by atoms with van der Waals surface area (Å²) in [6, 6.07) is 13.8. The van der Waals surface area contributed by atoms with Gasteiger partial charge in [0.1, 0.15) is 24.1 Å². The van der Waals surface area contributed by atoms with Crippen molar-refractivity contribution in [2.45, 2.75) is 65.3 Å². The van der Waals surface area contributed by atoms with Crippen LogP contribution in [0.15, 0.2) is 54.9 Å². The van der Waals surface area contributed by atoms with Gasteiger partial charge in [0, 0.05) is 67.4 Å². The number of phenolic OH excluding ortho intramolecular Hbond substituents is 1. The van der Waals surface area contributed by atoms with Gasteiger partial charge in [-0.2, -0.15) is 0 Å². The van der Waals surface area contributed by atoms with Crippen LogP contribution in [0, 0.1) is 17.9 Å². The maximum absolute atomic E-state index is 12.3. The van der Waals surface area contributed by atoms with Crippen LogP contribution >= 0.6 is 0 Å². The van der Waals surface area contributed by atoms with Gasteiger partial charge in [-0.1, -0.05) is 32.4 Å². The number of hydrogen-bond donors (Lipinski definition) is 3. The largest absolute Gasteiger partial charge is 0.508 e. The van der Waals surface area contributed by atoms with Gasteiger partial charge in [-0.15, -0.1) is 0 Å². The third-order valence-electron chi connectivity index (χ3n) is 8.77. The van der Waals surface area contributed by atoms with Crippen LogP contribution in [-0.4, -0.2) is 58.4 Å². The van der Waals surface area contributed by atoms with Crippen molar-refractivity contribution >= 4 is 17.2 Å². The average molecular weight is 624 g/mol. The molecule has 1 aliphatic rings. The molecule has 1 unspecified atom stereocenters. The second kappa shape index (κ2) is 14.1. The Bertz CT molecular complexity index is 1730. The van der Waals surface area contributed by atoms with E-state index in [2.05, 4.69) is 60.1 Å². The summed E-state index contributed by atoms with van der Waals surface area (Å²) in [6.07, 6.45) is 15.2. The number of pyridine rings is 1. The molecule has 0 spiro atoms. The van der Waals surface area contributed by atoms with Crippen LogP contribution in [0.5, 0.6) is 5.75 Å². The molecule has 0 aliphatic carbocycles. The van der Waals surface area contributed by atoms with Gasteiger partial charge in [-0.05, 0) is 84.3 Å². The predicted molar refractivity (Wildman–Crippen MR) is 182 cm³/mol. The van der Waals surface area contributed by atoms with Crippen molar-refractivity contribution in [1.82, 2.24) is 20.0 Å². The van der Waals surface area contributed by atoms with Crippen molar-refractivity contribution < 1.29 is 19.4 Å². The van der Waals surface area contributed by atoms with Crippen molar-refractivity contribution in [2.75, 3.05) is 26.8 Å². The summed E-state index contributed by atoms with van der Waals surface area (Å²) in [4.78, 5) is 16.8. The van der Waals surface area contributed by atoms with Crippen LogP contribution in [0.2, 0.25) is 0 Å². The summed E-state index contributed by atoms with van der Waals surface area (Å²) in [6.45, 7) is 9.51. The molecule has 2 aromatic carbocycles. The fourth-order valence-electron chi connectivity index (χ4n) is 6.62. The first kappa shape index (κ1) is 33.2. The zero-order valence-electron chi connectivity index (χ0n) is 27.3. The number of carbonyl (C=O) groups excluding carboxylic acids is 1. The van der Waals surface area contributed by atoms with Gasteiger partial charge in [0.2, 0.25) is 0 Å². The molecule has 2 aromatic heterocycles. The summed E-state index contributed by atoms with van der Waals surface area (Å²) in [7, 11) is 1.70.